The van der Waals surface area contributed by atoms with Gasteiger partial charge in [-0.15, -0.1) is 5.10 Å². The highest BCUT2D eigenvalue weighted by Gasteiger charge is 2.18. The van der Waals surface area contributed by atoms with Crippen LogP contribution in [-0.4, -0.2) is 32.7 Å². The van der Waals surface area contributed by atoms with Crippen LogP contribution in [0.15, 0.2) is 6.20 Å². The van der Waals surface area contributed by atoms with Crippen molar-refractivity contribution in [2.24, 2.45) is 5.73 Å². The molecule has 4 nitrogen and oxygen atoms in total. The van der Waals surface area contributed by atoms with Crippen molar-refractivity contribution in [3.63, 3.8) is 0 Å². The minimum absolute atomic E-state index is 0.0963. The van der Waals surface area contributed by atoms with Crippen molar-refractivity contribution >= 4 is 11.8 Å². The maximum Gasteiger partial charge on any atom is 0.152 e. The second kappa shape index (κ2) is 5.59. The highest BCUT2D eigenvalue weighted by atomic mass is 32.2. The molecule has 1 saturated heterocycles. The maximum absolute atomic E-state index is 5.74. The lowest BCUT2D eigenvalue weighted by Crippen LogP contribution is -2.20. The van der Waals surface area contributed by atoms with Gasteiger partial charge in [0.1, 0.15) is 0 Å². The summed E-state index contributed by atoms with van der Waals surface area (Å²) in [4.78, 5) is 4.57. The fourth-order valence-electron chi connectivity index (χ4n) is 1.92. The van der Waals surface area contributed by atoms with Gasteiger partial charge in [0.05, 0.1) is 11.9 Å². The van der Waals surface area contributed by atoms with E-state index in [2.05, 4.69) is 15.2 Å². The molecule has 88 valence electrons. The Balaban J connectivity index is 2.08. The third kappa shape index (κ3) is 3.15. The van der Waals surface area contributed by atoms with E-state index in [1.807, 2.05) is 24.9 Å². The highest BCUT2D eigenvalue weighted by molar-refractivity contribution is 7.99. The largest absolute Gasteiger partial charge is 0.328 e. The van der Waals surface area contributed by atoms with Gasteiger partial charge in [0.15, 0.2) is 5.82 Å². The number of nitrogens with two attached hydrogens (primary N) is 1. The summed E-state index contributed by atoms with van der Waals surface area (Å²) >= 11 is 2.02. The molecular weight excluding hydrogens is 220 g/mol. The van der Waals surface area contributed by atoms with E-state index in [-0.39, 0.29) is 6.04 Å². The molecule has 2 rings (SSSR count). The summed E-state index contributed by atoms with van der Waals surface area (Å²) in [6.07, 6.45) is 4.94. The predicted octanol–water partition coefficient (Wildman–Crippen LogP) is 1.37. The fourth-order valence-corrected chi connectivity index (χ4v) is 3.03. The normalized spacial score (nSPS) is 19.6. The van der Waals surface area contributed by atoms with Crippen molar-refractivity contribution < 1.29 is 0 Å². The summed E-state index contributed by atoms with van der Waals surface area (Å²) in [7, 11) is 0. The van der Waals surface area contributed by atoms with Crippen molar-refractivity contribution in [1.82, 2.24) is 15.2 Å². The quantitative estimate of drug-likeness (QED) is 0.861. The number of nitrogens with zero attached hydrogens (tertiary/aromatic N) is 3. The van der Waals surface area contributed by atoms with Crippen molar-refractivity contribution in [1.29, 1.82) is 0 Å². The van der Waals surface area contributed by atoms with E-state index in [1.54, 1.807) is 0 Å². The molecule has 1 aliphatic rings. The average molecular weight is 238 g/mol. The van der Waals surface area contributed by atoms with Gasteiger partial charge in [-0.3, -0.25) is 0 Å². The molecule has 0 aliphatic carbocycles. The zero-order chi connectivity index (χ0) is 11.4. The smallest absolute Gasteiger partial charge is 0.152 e. The van der Waals surface area contributed by atoms with E-state index in [1.165, 1.54) is 24.3 Å². The van der Waals surface area contributed by atoms with Crippen LogP contribution in [-0.2, 0) is 6.42 Å². The second-order valence-corrected chi connectivity index (χ2v) is 5.59. The molecule has 16 heavy (non-hydrogen) atoms. The summed E-state index contributed by atoms with van der Waals surface area (Å²) in [6, 6.07) is 0.0963. The van der Waals surface area contributed by atoms with Crippen molar-refractivity contribution in [3.05, 3.63) is 17.7 Å². The molecule has 1 unspecified atom stereocenters. The van der Waals surface area contributed by atoms with Gasteiger partial charge >= 0.3 is 0 Å². The van der Waals surface area contributed by atoms with Crippen LogP contribution in [0.2, 0.25) is 0 Å². The van der Waals surface area contributed by atoms with Crippen LogP contribution in [0.25, 0.3) is 0 Å². The Morgan fingerprint density at radius 1 is 1.50 bits per heavy atom. The zero-order valence-corrected chi connectivity index (χ0v) is 10.4. The highest BCUT2D eigenvalue weighted by Crippen LogP contribution is 2.29. The molecule has 0 saturated carbocycles. The van der Waals surface area contributed by atoms with Crippen LogP contribution in [0.1, 0.15) is 37.2 Å². The molecule has 5 heteroatoms. The summed E-state index contributed by atoms with van der Waals surface area (Å²) < 4.78 is 0. The van der Waals surface area contributed by atoms with E-state index in [9.17, 15) is 0 Å². The molecule has 0 aromatic carbocycles. The average Bonchev–Trinajstić information content (AvgIpc) is 2.30. The van der Waals surface area contributed by atoms with Gasteiger partial charge in [-0.1, -0.05) is 0 Å². The van der Waals surface area contributed by atoms with Crippen molar-refractivity contribution in [2.45, 2.75) is 38.1 Å². The molecule has 2 heterocycles. The number of thioether (sulfide) groups is 1. The SMILES string of the molecule is CC(N)Cc1nncc(C2CCSCC2)n1. The monoisotopic (exact) mass is 238 g/mol. The Bertz CT molecular complexity index is 337. The topological polar surface area (TPSA) is 64.7 Å². The Morgan fingerprint density at radius 2 is 2.25 bits per heavy atom. The van der Waals surface area contributed by atoms with Crippen LogP contribution in [0.4, 0.5) is 0 Å². The van der Waals surface area contributed by atoms with Gasteiger partial charge < -0.3 is 5.73 Å². The molecule has 0 radical (unpaired) electrons. The molecule has 1 aromatic heterocycles. The molecule has 1 aliphatic heterocycles. The molecule has 0 amide bonds. The van der Waals surface area contributed by atoms with Gasteiger partial charge in [0, 0.05) is 18.4 Å². The van der Waals surface area contributed by atoms with Crippen LogP contribution in [0.5, 0.6) is 0 Å². The van der Waals surface area contributed by atoms with E-state index < -0.39 is 0 Å². The van der Waals surface area contributed by atoms with Crippen LogP contribution < -0.4 is 5.73 Å². The number of rotatable bonds is 3. The lowest BCUT2D eigenvalue weighted by molar-refractivity contribution is 0.594. The second-order valence-electron chi connectivity index (χ2n) is 4.37. The summed E-state index contributed by atoms with van der Waals surface area (Å²) in [5.74, 6) is 3.82. The van der Waals surface area contributed by atoms with Gasteiger partial charge in [-0.25, -0.2) is 4.98 Å². The van der Waals surface area contributed by atoms with Gasteiger partial charge in [0.25, 0.3) is 0 Å². The van der Waals surface area contributed by atoms with E-state index >= 15 is 0 Å². The predicted molar refractivity (Wildman–Crippen MR) is 66.5 cm³/mol. The Kier molecular flexibility index (Phi) is 4.12. The lowest BCUT2D eigenvalue weighted by atomic mass is 9.99. The fraction of sp³-hybridized carbons (Fsp3) is 0.727. The molecule has 1 fully saturated rings. The number of aromatic nitrogens is 3. The van der Waals surface area contributed by atoms with E-state index in [0.717, 1.165) is 11.5 Å². The molecular formula is C11H18N4S. The maximum atomic E-state index is 5.74. The third-order valence-corrected chi connectivity index (χ3v) is 3.81. The van der Waals surface area contributed by atoms with E-state index in [0.29, 0.717) is 12.3 Å². The summed E-state index contributed by atoms with van der Waals surface area (Å²) in [5.41, 5.74) is 6.84. The molecule has 1 aromatic rings. The van der Waals surface area contributed by atoms with E-state index in [4.69, 9.17) is 5.73 Å². The standard InChI is InChI=1S/C11H18N4S/c1-8(12)6-11-14-10(7-13-15-11)9-2-4-16-5-3-9/h7-9H,2-6,12H2,1H3. The van der Waals surface area contributed by atoms with Crippen LogP contribution in [0, 0.1) is 0 Å². The van der Waals surface area contributed by atoms with Gasteiger partial charge in [-0.2, -0.15) is 16.9 Å². The number of hydrogen-bond donors (Lipinski definition) is 1. The van der Waals surface area contributed by atoms with Crippen LogP contribution >= 0.6 is 11.8 Å². The van der Waals surface area contributed by atoms with Gasteiger partial charge in [0.2, 0.25) is 0 Å². The van der Waals surface area contributed by atoms with Crippen molar-refractivity contribution in [3.8, 4) is 0 Å². The first-order valence-corrected chi connectivity index (χ1v) is 6.93. The number of hydrogen-bond acceptors (Lipinski definition) is 5. The minimum Gasteiger partial charge on any atom is -0.328 e. The molecule has 1 atom stereocenters. The zero-order valence-electron chi connectivity index (χ0n) is 9.59. The summed E-state index contributed by atoms with van der Waals surface area (Å²) in [5, 5.41) is 8.07. The lowest BCUT2D eigenvalue weighted by Gasteiger charge is -2.20. The Hall–Kier alpha value is -0.680. The first-order chi connectivity index (χ1) is 7.75. The van der Waals surface area contributed by atoms with Gasteiger partial charge in [-0.05, 0) is 31.3 Å². The van der Waals surface area contributed by atoms with Crippen molar-refractivity contribution in [2.75, 3.05) is 11.5 Å². The minimum atomic E-state index is 0.0963. The first-order valence-electron chi connectivity index (χ1n) is 5.77. The third-order valence-electron chi connectivity index (χ3n) is 2.77. The molecule has 2 N–H and O–H groups in total. The van der Waals surface area contributed by atoms with Crippen LogP contribution in [0.3, 0.4) is 0 Å². The molecule has 0 bridgehead atoms. The Morgan fingerprint density at radius 3 is 2.94 bits per heavy atom. The molecule has 0 spiro atoms. The Labute approximate surface area is 100 Å². The summed E-state index contributed by atoms with van der Waals surface area (Å²) in [6.45, 7) is 1.97. The first kappa shape index (κ1) is 11.8.